The minimum atomic E-state index is 0.0862. The minimum absolute atomic E-state index is 0.0862. The topological polar surface area (TPSA) is 35.2 Å². The van der Waals surface area contributed by atoms with E-state index in [9.17, 15) is 0 Å². The second kappa shape index (κ2) is 9.17. The maximum Gasteiger partial charge on any atom is 0.0651 e. The minimum Gasteiger partial charge on any atom is -0.375 e. The molecule has 0 aliphatic rings. The molecule has 0 bridgehead atoms. The highest BCUT2D eigenvalue weighted by Crippen LogP contribution is 2.23. The third-order valence-corrected chi connectivity index (χ3v) is 3.11. The zero-order valence-corrected chi connectivity index (χ0v) is 10.8. The van der Waals surface area contributed by atoms with E-state index in [1.54, 1.807) is 0 Å². The van der Waals surface area contributed by atoms with Gasteiger partial charge in [-0.2, -0.15) is 0 Å². The summed E-state index contributed by atoms with van der Waals surface area (Å²) in [6.07, 6.45) is 8.55. The highest BCUT2D eigenvalue weighted by atomic mass is 16.5. The van der Waals surface area contributed by atoms with Crippen LogP contribution < -0.4 is 5.73 Å². The molecule has 0 saturated heterocycles. The van der Waals surface area contributed by atoms with Crippen molar-refractivity contribution in [3.63, 3.8) is 0 Å². The highest BCUT2D eigenvalue weighted by Gasteiger charge is 2.21. The monoisotopic (exact) mass is 215 g/mol. The number of nitrogens with two attached hydrogens (primary N) is 1. The molecule has 1 atom stereocenters. The lowest BCUT2D eigenvalue weighted by Crippen LogP contribution is -2.28. The van der Waals surface area contributed by atoms with Gasteiger partial charge in [-0.05, 0) is 32.7 Å². The molecule has 1 unspecified atom stereocenters. The Morgan fingerprint density at radius 3 is 2.33 bits per heavy atom. The number of ether oxygens (including phenoxy) is 1. The predicted molar refractivity (Wildman–Crippen MR) is 67.1 cm³/mol. The van der Waals surface area contributed by atoms with Gasteiger partial charge in [0, 0.05) is 6.61 Å². The van der Waals surface area contributed by atoms with Crippen LogP contribution in [0.15, 0.2) is 0 Å². The van der Waals surface area contributed by atoms with E-state index < -0.39 is 0 Å². The maximum atomic E-state index is 5.92. The van der Waals surface area contributed by atoms with Crippen molar-refractivity contribution in [3.8, 4) is 0 Å². The number of hydrogen-bond acceptors (Lipinski definition) is 2. The van der Waals surface area contributed by atoms with Crippen LogP contribution in [0, 0.1) is 0 Å². The van der Waals surface area contributed by atoms with E-state index in [-0.39, 0.29) is 5.60 Å². The smallest absolute Gasteiger partial charge is 0.0651 e. The Morgan fingerprint density at radius 2 is 1.80 bits per heavy atom. The average Bonchev–Trinajstić information content (AvgIpc) is 2.25. The summed E-state index contributed by atoms with van der Waals surface area (Å²) >= 11 is 0. The first-order valence-electron chi connectivity index (χ1n) is 6.52. The van der Waals surface area contributed by atoms with Gasteiger partial charge < -0.3 is 10.5 Å². The van der Waals surface area contributed by atoms with Crippen molar-refractivity contribution in [1.29, 1.82) is 0 Å². The Balaban J connectivity index is 3.65. The summed E-state index contributed by atoms with van der Waals surface area (Å²) in [5.74, 6) is 0. The standard InChI is InChI=1S/C13H29NO/c1-4-6-7-8-10-13(3,5-2)15-12-9-11-14/h4-12,14H2,1-3H3. The van der Waals surface area contributed by atoms with Gasteiger partial charge in [-0.25, -0.2) is 0 Å². The van der Waals surface area contributed by atoms with Crippen molar-refractivity contribution in [2.45, 2.75) is 71.3 Å². The first-order chi connectivity index (χ1) is 7.18. The Hall–Kier alpha value is -0.0800. The van der Waals surface area contributed by atoms with Gasteiger partial charge in [-0.15, -0.1) is 0 Å². The normalized spacial score (nSPS) is 15.2. The molecule has 0 aromatic heterocycles. The Labute approximate surface area is 95.6 Å². The number of rotatable bonds is 10. The Kier molecular flexibility index (Phi) is 9.12. The second-order valence-electron chi connectivity index (χ2n) is 4.60. The van der Waals surface area contributed by atoms with E-state index in [1.165, 1.54) is 32.1 Å². The maximum absolute atomic E-state index is 5.92. The third kappa shape index (κ3) is 7.80. The van der Waals surface area contributed by atoms with E-state index in [0.717, 1.165) is 26.0 Å². The molecular weight excluding hydrogens is 186 g/mol. The molecule has 2 N–H and O–H groups in total. The second-order valence-corrected chi connectivity index (χ2v) is 4.60. The molecule has 92 valence electrons. The summed E-state index contributed by atoms with van der Waals surface area (Å²) in [6.45, 7) is 8.23. The molecule has 0 heterocycles. The molecular formula is C13H29NO. The van der Waals surface area contributed by atoms with Crippen LogP contribution in [-0.4, -0.2) is 18.8 Å². The van der Waals surface area contributed by atoms with E-state index in [2.05, 4.69) is 20.8 Å². The molecule has 0 aliphatic heterocycles. The van der Waals surface area contributed by atoms with Gasteiger partial charge in [0.05, 0.1) is 5.60 Å². The van der Waals surface area contributed by atoms with Crippen LogP contribution >= 0.6 is 0 Å². The van der Waals surface area contributed by atoms with Crippen LogP contribution in [0.25, 0.3) is 0 Å². The van der Waals surface area contributed by atoms with Gasteiger partial charge in [0.25, 0.3) is 0 Å². The molecule has 0 saturated carbocycles. The molecule has 0 fully saturated rings. The van der Waals surface area contributed by atoms with E-state index >= 15 is 0 Å². The molecule has 0 spiro atoms. The SMILES string of the molecule is CCCCCCC(C)(CC)OCCCN. The third-order valence-electron chi connectivity index (χ3n) is 3.11. The highest BCUT2D eigenvalue weighted by molar-refractivity contribution is 4.73. The summed E-state index contributed by atoms with van der Waals surface area (Å²) in [5, 5.41) is 0. The lowest BCUT2D eigenvalue weighted by atomic mass is 9.95. The van der Waals surface area contributed by atoms with E-state index in [1.807, 2.05) is 0 Å². The first-order valence-corrected chi connectivity index (χ1v) is 6.52. The van der Waals surface area contributed by atoms with Gasteiger partial charge in [0.2, 0.25) is 0 Å². The van der Waals surface area contributed by atoms with Crippen LogP contribution in [0.1, 0.15) is 65.7 Å². The molecule has 0 rings (SSSR count). The zero-order valence-electron chi connectivity index (χ0n) is 10.8. The van der Waals surface area contributed by atoms with Gasteiger partial charge in [0.1, 0.15) is 0 Å². The fourth-order valence-electron chi connectivity index (χ4n) is 1.68. The van der Waals surface area contributed by atoms with E-state index in [0.29, 0.717) is 0 Å². The van der Waals surface area contributed by atoms with Crippen molar-refractivity contribution in [2.24, 2.45) is 5.73 Å². The van der Waals surface area contributed by atoms with Crippen LogP contribution in [0.2, 0.25) is 0 Å². The molecule has 0 radical (unpaired) electrons. The lowest BCUT2D eigenvalue weighted by Gasteiger charge is -2.28. The molecule has 15 heavy (non-hydrogen) atoms. The van der Waals surface area contributed by atoms with Crippen molar-refractivity contribution in [1.82, 2.24) is 0 Å². The van der Waals surface area contributed by atoms with Gasteiger partial charge in [-0.3, -0.25) is 0 Å². The van der Waals surface area contributed by atoms with Gasteiger partial charge >= 0.3 is 0 Å². The first kappa shape index (κ1) is 14.9. The van der Waals surface area contributed by atoms with Crippen LogP contribution in [-0.2, 0) is 4.74 Å². The molecule has 0 aromatic carbocycles. The summed E-state index contributed by atoms with van der Waals surface area (Å²) in [5.41, 5.74) is 5.55. The fraction of sp³-hybridized carbons (Fsp3) is 1.00. The average molecular weight is 215 g/mol. The Bertz CT molecular complexity index is 138. The fourth-order valence-corrected chi connectivity index (χ4v) is 1.68. The summed E-state index contributed by atoms with van der Waals surface area (Å²) < 4.78 is 5.92. The molecule has 0 aliphatic carbocycles. The van der Waals surface area contributed by atoms with E-state index in [4.69, 9.17) is 10.5 Å². The molecule has 0 amide bonds. The Morgan fingerprint density at radius 1 is 1.07 bits per heavy atom. The van der Waals surface area contributed by atoms with Gasteiger partial charge in [0.15, 0.2) is 0 Å². The van der Waals surface area contributed by atoms with Crippen molar-refractivity contribution < 1.29 is 4.74 Å². The van der Waals surface area contributed by atoms with Crippen molar-refractivity contribution >= 4 is 0 Å². The molecule has 0 aromatic rings. The molecule has 2 heteroatoms. The summed E-state index contributed by atoms with van der Waals surface area (Å²) in [6, 6.07) is 0. The van der Waals surface area contributed by atoms with Gasteiger partial charge in [-0.1, -0.05) is 39.5 Å². The lowest BCUT2D eigenvalue weighted by molar-refractivity contribution is -0.0421. The van der Waals surface area contributed by atoms with Crippen LogP contribution in [0.5, 0.6) is 0 Å². The van der Waals surface area contributed by atoms with Crippen LogP contribution in [0.4, 0.5) is 0 Å². The quantitative estimate of drug-likeness (QED) is 0.566. The zero-order chi connectivity index (χ0) is 11.6. The summed E-state index contributed by atoms with van der Waals surface area (Å²) in [4.78, 5) is 0. The molecule has 2 nitrogen and oxygen atoms in total. The van der Waals surface area contributed by atoms with Crippen molar-refractivity contribution in [3.05, 3.63) is 0 Å². The number of hydrogen-bond donors (Lipinski definition) is 1. The largest absolute Gasteiger partial charge is 0.375 e. The number of unbranched alkanes of at least 4 members (excludes halogenated alkanes) is 3. The summed E-state index contributed by atoms with van der Waals surface area (Å²) in [7, 11) is 0. The van der Waals surface area contributed by atoms with Crippen molar-refractivity contribution in [2.75, 3.05) is 13.2 Å². The van der Waals surface area contributed by atoms with Crippen LogP contribution in [0.3, 0.4) is 0 Å². The predicted octanol–water partition coefficient (Wildman–Crippen LogP) is 3.49.